The van der Waals surface area contributed by atoms with Crippen LogP contribution in [-0.4, -0.2) is 27.9 Å². The molecule has 1 aromatic carbocycles. The van der Waals surface area contributed by atoms with Crippen LogP contribution < -0.4 is 5.32 Å². The Labute approximate surface area is 101 Å². The van der Waals surface area contributed by atoms with Gasteiger partial charge in [0.2, 0.25) is 0 Å². The Morgan fingerprint density at radius 3 is 3.18 bits per heavy atom. The Bertz CT molecular complexity index is 472. The molecule has 0 saturated carbocycles. The molecule has 0 bridgehead atoms. The lowest BCUT2D eigenvalue weighted by Crippen LogP contribution is -2.10. The highest BCUT2D eigenvalue weighted by Gasteiger charge is 2.14. The largest absolute Gasteiger partial charge is 0.316 e. The SMILES string of the molecule is c1cc(CC2CCNC2)cc(-n2cncn2)c1. The van der Waals surface area contributed by atoms with Crippen molar-refractivity contribution in [1.29, 1.82) is 0 Å². The highest BCUT2D eigenvalue weighted by molar-refractivity contribution is 5.34. The summed E-state index contributed by atoms with van der Waals surface area (Å²) in [6.07, 6.45) is 5.73. The van der Waals surface area contributed by atoms with Crippen molar-refractivity contribution in [1.82, 2.24) is 20.1 Å². The zero-order valence-electron chi connectivity index (χ0n) is 9.71. The molecule has 1 aliphatic rings. The van der Waals surface area contributed by atoms with Gasteiger partial charge in [-0.3, -0.25) is 0 Å². The standard InChI is InChI=1S/C13H16N4/c1-2-11(6-12-4-5-14-8-12)7-13(3-1)17-10-15-9-16-17/h1-3,7,9-10,12,14H,4-6,8H2. The summed E-state index contributed by atoms with van der Waals surface area (Å²) in [7, 11) is 0. The van der Waals surface area contributed by atoms with E-state index < -0.39 is 0 Å². The molecule has 4 heteroatoms. The molecule has 1 saturated heterocycles. The Balaban J connectivity index is 1.79. The summed E-state index contributed by atoms with van der Waals surface area (Å²) in [5.74, 6) is 0.779. The minimum atomic E-state index is 0.779. The Hall–Kier alpha value is -1.68. The molecule has 1 unspecified atom stereocenters. The zero-order valence-corrected chi connectivity index (χ0v) is 9.71. The Morgan fingerprint density at radius 2 is 2.41 bits per heavy atom. The van der Waals surface area contributed by atoms with E-state index in [1.54, 1.807) is 17.3 Å². The van der Waals surface area contributed by atoms with E-state index in [0.717, 1.165) is 31.1 Å². The predicted octanol–water partition coefficient (Wildman–Crippen LogP) is 1.42. The fraction of sp³-hybridized carbons (Fsp3) is 0.385. The summed E-state index contributed by atoms with van der Waals surface area (Å²) >= 11 is 0. The fourth-order valence-electron chi connectivity index (χ4n) is 2.39. The van der Waals surface area contributed by atoms with Gasteiger partial charge in [0.25, 0.3) is 0 Å². The predicted molar refractivity (Wildman–Crippen MR) is 66.0 cm³/mol. The minimum Gasteiger partial charge on any atom is -0.316 e. The Morgan fingerprint density at radius 1 is 1.41 bits per heavy atom. The van der Waals surface area contributed by atoms with Crippen LogP contribution in [0.4, 0.5) is 0 Å². The van der Waals surface area contributed by atoms with Crippen LogP contribution in [0.25, 0.3) is 5.69 Å². The quantitative estimate of drug-likeness (QED) is 0.864. The molecule has 1 fully saturated rings. The van der Waals surface area contributed by atoms with Crippen molar-refractivity contribution in [2.75, 3.05) is 13.1 Å². The number of nitrogens with zero attached hydrogens (tertiary/aromatic N) is 3. The molecular weight excluding hydrogens is 212 g/mol. The summed E-state index contributed by atoms with van der Waals surface area (Å²) in [5.41, 5.74) is 2.47. The molecule has 0 amide bonds. The first kappa shape index (κ1) is 10.5. The minimum absolute atomic E-state index is 0.779. The highest BCUT2D eigenvalue weighted by atomic mass is 15.3. The molecule has 1 N–H and O–H groups in total. The van der Waals surface area contributed by atoms with Gasteiger partial charge in [-0.2, -0.15) is 5.10 Å². The molecular formula is C13H16N4. The van der Waals surface area contributed by atoms with Crippen molar-refractivity contribution >= 4 is 0 Å². The van der Waals surface area contributed by atoms with E-state index in [9.17, 15) is 0 Å². The van der Waals surface area contributed by atoms with Crippen LogP contribution in [0.3, 0.4) is 0 Å². The van der Waals surface area contributed by atoms with Crippen molar-refractivity contribution in [3.05, 3.63) is 42.5 Å². The van der Waals surface area contributed by atoms with Crippen molar-refractivity contribution < 1.29 is 0 Å². The number of hydrogen-bond acceptors (Lipinski definition) is 3. The van der Waals surface area contributed by atoms with Crippen molar-refractivity contribution in [2.45, 2.75) is 12.8 Å². The maximum atomic E-state index is 4.15. The van der Waals surface area contributed by atoms with Crippen LogP contribution in [0.1, 0.15) is 12.0 Å². The smallest absolute Gasteiger partial charge is 0.138 e. The lowest BCUT2D eigenvalue weighted by atomic mass is 9.98. The van der Waals surface area contributed by atoms with Gasteiger partial charge >= 0.3 is 0 Å². The van der Waals surface area contributed by atoms with Crippen LogP contribution in [0.15, 0.2) is 36.9 Å². The third-order valence-electron chi connectivity index (χ3n) is 3.28. The lowest BCUT2D eigenvalue weighted by Gasteiger charge is -2.09. The number of hydrogen-bond donors (Lipinski definition) is 1. The third-order valence-corrected chi connectivity index (χ3v) is 3.28. The summed E-state index contributed by atoms with van der Waals surface area (Å²) in [6, 6.07) is 8.55. The first-order valence-electron chi connectivity index (χ1n) is 6.06. The summed E-state index contributed by atoms with van der Waals surface area (Å²) < 4.78 is 1.80. The van der Waals surface area contributed by atoms with Gasteiger partial charge in [0, 0.05) is 0 Å². The third kappa shape index (κ3) is 2.36. The van der Waals surface area contributed by atoms with E-state index in [1.807, 2.05) is 0 Å². The lowest BCUT2D eigenvalue weighted by molar-refractivity contribution is 0.580. The van der Waals surface area contributed by atoms with Gasteiger partial charge in [0.1, 0.15) is 12.7 Å². The van der Waals surface area contributed by atoms with Crippen molar-refractivity contribution in [3.8, 4) is 5.69 Å². The normalized spacial score (nSPS) is 19.6. The first-order chi connectivity index (χ1) is 8.42. The second kappa shape index (κ2) is 4.67. The molecule has 3 rings (SSSR count). The molecule has 2 heterocycles. The van der Waals surface area contributed by atoms with Gasteiger partial charge in [-0.05, 0) is 49.5 Å². The van der Waals surface area contributed by atoms with Crippen LogP contribution in [0, 0.1) is 5.92 Å². The van der Waals surface area contributed by atoms with Crippen molar-refractivity contribution in [2.24, 2.45) is 5.92 Å². The van der Waals surface area contributed by atoms with Gasteiger partial charge < -0.3 is 5.32 Å². The zero-order chi connectivity index (χ0) is 11.5. The van der Waals surface area contributed by atoms with Crippen LogP contribution in [0.2, 0.25) is 0 Å². The summed E-state index contributed by atoms with van der Waals surface area (Å²) in [4.78, 5) is 3.97. The second-order valence-electron chi connectivity index (χ2n) is 4.57. The van der Waals surface area contributed by atoms with Crippen molar-refractivity contribution in [3.63, 3.8) is 0 Å². The van der Waals surface area contributed by atoms with Gasteiger partial charge in [0.15, 0.2) is 0 Å². The average molecular weight is 228 g/mol. The topological polar surface area (TPSA) is 42.7 Å². The molecule has 0 radical (unpaired) electrons. The van der Waals surface area contributed by atoms with E-state index in [4.69, 9.17) is 0 Å². The van der Waals surface area contributed by atoms with Gasteiger partial charge in [0.05, 0.1) is 5.69 Å². The number of benzene rings is 1. The summed E-state index contributed by atoms with van der Waals surface area (Å²) in [6.45, 7) is 2.31. The number of aromatic nitrogens is 3. The van der Waals surface area contributed by atoms with Crippen LogP contribution in [-0.2, 0) is 6.42 Å². The molecule has 1 atom stereocenters. The highest BCUT2D eigenvalue weighted by Crippen LogP contribution is 2.17. The van der Waals surface area contributed by atoms with E-state index in [-0.39, 0.29) is 0 Å². The molecule has 2 aromatic rings. The monoisotopic (exact) mass is 228 g/mol. The fourth-order valence-corrected chi connectivity index (χ4v) is 2.39. The van der Waals surface area contributed by atoms with Gasteiger partial charge in [-0.1, -0.05) is 12.1 Å². The molecule has 1 aromatic heterocycles. The van der Waals surface area contributed by atoms with Crippen LogP contribution >= 0.6 is 0 Å². The Kier molecular flexibility index (Phi) is 2.88. The molecule has 0 aliphatic carbocycles. The van der Waals surface area contributed by atoms with E-state index in [0.29, 0.717) is 0 Å². The van der Waals surface area contributed by atoms with Gasteiger partial charge in [-0.15, -0.1) is 0 Å². The molecule has 0 spiro atoms. The van der Waals surface area contributed by atoms with E-state index in [2.05, 4.69) is 39.7 Å². The van der Waals surface area contributed by atoms with E-state index >= 15 is 0 Å². The molecule has 1 aliphatic heterocycles. The summed E-state index contributed by atoms with van der Waals surface area (Å²) in [5, 5.41) is 7.56. The van der Waals surface area contributed by atoms with E-state index in [1.165, 1.54) is 12.0 Å². The maximum Gasteiger partial charge on any atom is 0.138 e. The van der Waals surface area contributed by atoms with Gasteiger partial charge in [-0.25, -0.2) is 9.67 Å². The molecule has 4 nitrogen and oxygen atoms in total. The number of nitrogens with one attached hydrogen (secondary N) is 1. The number of rotatable bonds is 3. The molecule has 88 valence electrons. The second-order valence-corrected chi connectivity index (χ2v) is 4.57. The van der Waals surface area contributed by atoms with Crippen LogP contribution in [0.5, 0.6) is 0 Å². The average Bonchev–Trinajstić information content (AvgIpc) is 3.01. The molecule has 17 heavy (non-hydrogen) atoms. The maximum absolute atomic E-state index is 4.15. The first-order valence-corrected chi connectivity index (χ1v) is 6.06.